The molecule has 0 saturated heterocycles. The van der Waals surface area contributed by atoms with Crippen molar-refractivity contribution in [2.45, 2.75) is 56.5 Å². The van der Waals surface area contributed by atoms with E-state index in [4.69, 9.17) is 0 Å². The molecule has 0 radical (unpaired) electrons. The molecule has 0 aromatic rings. The second kappa shape index (κ2) is 3.74. The monoisotopic (exact) mass is 300 g/mol. The van der Waals surface area contributed by atoms with E-state index in [2.05, 4.69) is 0 Å². The minimum Gasteiger partial charge on any atom is -0.388 e. The van der Waals surface area contributed by atoms with Crippen LogP contribution in [0.3, 0.4) is 0 Å². The van der Waals surface area contributed by atoms with Gasteiger partial charge in [-0.05, 0) is 26.7 Å². The highest BCUT2D eigenvalue weighted by molar-refractivity contribution is 6.07. The highest BCUT2D eigenvalue weighted by atomic mass is 19.1. The Hall–Kier alpha value is -0.820. The van der Waals surface area contributed by atoms with E-state index >= 15 is 0 Å². The number of hydrogen-bond donors (Lipinski definition) is 4. The van der Waals surface area contributed by atoms with Gasteiger partial charge in [0, 0.05) is 22.5 Å². The Kier molecular flexibility index (Phi) is 2.69. The second-order valence-electron chi connectivity index (χ2n) is 7.14. The van der Waals surface area contributed by atoms with Gasteiger partial charge in [0.05, 0.1) is 11.7 Å². The first kappa shape index (κ1) is 15.1. The van der Waals surface area contributed by atoms with Crippen LogP contribution < -0.4 is 0 Å². The molecule has 0 aromatic carbocycles. The first-order valence-corrected chi connectivity index (χ1v) is 7.20. The zero-order valence-electron chi connectivity index (χ0n) is 12.4. The maximum absolute atomic E-state index is 13.5. The SMILES string of the molecule is CC1C(O)C2=C(C(=O)C(C)(O)C3(CC3)C2(C)O)C1(O)CF. The van der Waals surface area contributed by atoms with Gasteiger partial charge in [-0.25, -0.2) is 4.39 Å². The molecular formula is C15H21FO5. The predicted molar refractivity (Wildman–Crippen MR) is 71.0 cm³/mol. The molecule has 0 aliphatic heterocycles. The summed E-state index contributed by atoms with van der Waals surface area (Å²) in [5, 5.41) is 42.5. The van der Waals surface area contributed by atoms with Crippen molar-refractivity contribution in [1.29, 1.82) is 0 Å². The van der Waals surface area contributed by atoms with Gasteiger partial charge in [0.15, 0.2) is 5.78 Å². The summed E-state index contributed by atoms with van der Waals surface area (Å²) in [6.45, 7) is 2.90. The van der Waals surface area contributed by atoms with Crippen LogP contribution in [0.4, 0.5) is 4.39 Å². The Labute approximate surface area is 122 Å². The fraction of sp³-hybridized carbons (Fsp3) is 0.800. The molecule has 6 heteroatoms. The summed E-state index contributed by atoms with van der Waals surface area (Å²) in [5.41, 5.74) is -7.16. The molecule has 1 spiro atoms. The van der Waals surface area contributed by atoms with E-state index in [1.807, 2.05) is 0 Å². The number of alkyl halides is 1. The molecule has 5 nitrogen and oxygen atoms in total. The predicted octanol–water partition coefficient (Wildman–Crippen LogP) is -0.141. The standard InChI is InChI=1S/C15H21FO5/c1-7-10(17)8-9(15(7,21)6-16)11(18)13(3,20)14(4-5-14)12(8,2)19/h7,10,17,19-21H,4-6H2,1-3H3. The number of halogens is 1. The normalized spacial score (nSPS) is 51.5. The van der Waals surface area contributed by atoms with E-state index in [1.54, 1.807) is 0 Å². The molecule has 3 rings (SSSR count). The van der Waals surface area contributed by atoms with Crippen LogP contribution in [0, 0.1) is 11.3 Å². The number of ketones is 1. The molecule has 0 aromatic heterocycles. The summed E-state index contributed by atoms with van der Waals surface area (Å²) < 4.78 is 13.5. The van der Waals surface area contributed by atoms with Gasteiger partial charge in [0.25, 0.3) is 0 Å². The van der Waals surface area contributed by atoms with E-state index in [9.17, 15) is 29.6 Å². The smallest absolute Gasteiger partial charge is 0.193 e. The van der Waals surface area contributed by atoms with Crippen LogP contribution in [-0.4, -0.2) is 55.8 Å². The van der Waals surface area contributed by atoms with Crippen LogP contribution in [0.15, 0.2) is 11.1 Å². The highest BCUT2D eigenvalue weighted by Gasteiger charge is 2.76. The Bertz CT molecular complexity index is 560. The summed E-state index contributed by atoms with van der Waals surface area (Å²) >= 11 is 0. The Morgan fingerprint density at radius 1 is 1.19 bits per heavy atom. The maximum Gasteiger partial charge on any atom is 0.193 e. The van der Waals surface area contributed by atoms with Crippen molar-refractivity contribution in [1.82, 2.24) is 0 Å². The highest BCUT2D eigenvalue weighted by Crippen LogP contribution is 2.69. The van der Waals surface area contributed by atoms with Gasteiger partial charge in [-0.1, -0.05) is 6.92 Å². The molecule has 0 amide bonds. The van der Waals surface area contributed by atoms with Crippen molar-refractivity contribution in [3.8, 4) is 0 Å². The largest absolute Gasteiger partial charge is 0.388 e. The topological polar surface area (TPSA) is 98.0 Å². The minimum atomic E-state index is -2.17. The lowest BCUT2D eigenvalue weighted by atomic mass is 9.61. The van der Waals surface area contributed by atoms with E-state index in [-0.39, 0.29) is 11.1 Å². The van der Waals surface area contributed by atoms with E-state index in [0.717, 1.165) is 0 Å². The number of Topliss-reactive ketones (excluding diaryl/α,β-unsaturated/α-hetero) is 1. The van der Waals surface area contributed by atoms with Crippen LogP contribution in [0.5, 0.6) is 0 Å². The molecule has 118 valence electrons. The molecular weight excluding hydrogens is 279 g/mol. The lowest BCUT2D eigenvalue weighted by molar-refractivity contribution is -0.161. The quantitative estimate of drug-likeness (QED) is 0.540. The lowest BCUT2D eigenvalue weighted by Crippen LogP contribution is -2.62. The van der Waals surface area contributed by atoms with Crippen LogP contribution in [0.25, 0.3) is 0 Å². The van der Waals surface area contributed by atoms with Gasteiger partial charge in [0.2, 0.25) is 0 Å². The zero-order chi connectivity index (χ0) is 16.0. The van der Waals surface area contributed by atoms with Gasteiger partial charge in [0.1, 0.15) is 17.9 Å². The first-order chi connectivity index (χ1) is 9.49. The Morgan fingerprint density at radius 2 is 1.71 bits per heavy atom. The van der Waals surface area contributed by atoms with Gasteiger partial charge in [-0.3, -0.25) is 4.79 Å². The number of rotatable bonds is 1. The maximum atomic E-state index is 13.5. The summed E-state index contributed by atoms with van der Waals surface area (Å²) in [5.74, 6) is -1.75. The van der Waals surface area contributed by atoms with Crippen molar-refractivity contribution in [2.75, 3.05) is 6.67 Å². The fourth-order valence-corrected chi connectivity index (χ4v) is 4.45. The molecule has 3 aliphatic rings. The third kappa shape index (κ3) is 1.33. The summed E-state index contributed by atoms with van der Waals surface area (Å²) in [7, 11) is 0. The third-order valence-electron chi connectivity index (χ3n) is 6.24. The third-order valence-corrected chi connectivity index (χ3v) is 6.24. The van der Waals surface area contributed by atoms with Gasteiger partial charge in [-0.15, -0.1) is 0 Å². The first-order valence-electron chi connectivity index (χ1n) is 7.20. The number of aliphatic hydroxyl groups excluding tert-OH is 1. The lowest BCUT2D eigenvalue weighted by Gasteiger charge is -2.48. The molecule has 5 unspecified atom stereocenters. The van der Waals surface area contributed by atoms with Crippen molar-refractivity contribution in [3.63, 3.8) is 0 Å². The Morgan fingerprint density at radius 3 is 2.14 bits per heavy atom. The van der Waals surface area contributed by atoms with Crippen LogP contribution in [0.1, 0.15) is 33.6 Å². The van der Waals surface area contributed by atoms with E-state index in [0.29, 0.717) is 12.8 Å². The minimum absolute atomic E-state index is 0.0239. The van der Waals surface area contributed by atoms with Crippen LogP contribution in [0.2, 0.25) is 0 Å². The number of carbonyl (C=O) groups excluding carboxylic acids is 1. The van der Waals surface area contributed by atoms with E-state index < -0.39 is 46.7 Å². The van der Waals surface area contributed by atoms with Gasteiger partial charge >= 0.3 is 0 Å². The molecule has 4 N–H and O–H groups in total. The van der Waals surface area contributed by atoms with Crippen LogP contribution >= 0.6 is 0 Å². The molecule has 1 fully saturated rings. The molecule has 0 bridgehead atoms. The zero-order valence-corrected chi connectivity index (χ0v) is 12.4. The number of carbonyl (C=O) groups is 1. The summed E-state index contributed by atoms with van der Waals surface area (Å²) in [6.07, 6.45) is -0.441. The second-order valence-corrected chi connectivity index (χ2v) is 7.14. The molecule has 0 heterocycles. The average Bonchev–Trinajstić information content (AvgIpc) is 3.19. The summed E-state index contributed by atoms with van der Waals surface area (Å²) in [4.78, 5) is 12.7. The molecule has 1 saturated carbocycles. The van der Waals surface area contributed by atoms with Gasteiger partial charge < -0.3 is 20.4 Å². The molecule has 3 aliphatic carbocycles. The van der Waals surface area contributed by atoms with Crippen LogP contribution in [-0.2, 0) is 4.79 Å². The Balaban J connectivity index is 2.32. The van der Waals surface area contributed by atoms with Gasteiger partial charge in [-0.2, -0.15) is 0 Å². The molecule has 5 atom stereocenters. The van der Waals surface area contributed by atoms with Crippen molar-refractivity contribution < 1.29 is 29.6 Å². The van der Waals surface area contributed by atoms with Crippen molar-refractivity contribution in [2.24, 2.45) is 11.3 Å². The number of aliphatic hydroxyl groups is 4. The van der Waals surface area contributed by atoms with Crippen molar-refractivity contribution >= 4 is 5.78 Å². The average molecular weight is 300 g/mol. The van der Waals surface area contributed by atoms with Crippen molar-refractivity contribution in [3.05, 3.63) is 11.1 Å². The molecule has 21 heavy (non-hydrogen) atoms. The fourth-order valence-electron chi connectivity index (χ4n) is 4.45. The number of hydrogen-bond acceptors (Lipinski definition) is 5. The summed E-state index contributed by atoms with van der Waals surface area (Å²) in [6, 6.07) is 0. The van der Waals surface area contributed by atoms with E-state index in [1.165, 1.54) is 20.8 Å².